The zero-order valence-electron chi connectivity index (χ0n) is 14.0. The molecule has 1 N–H and O–H groups in total. The van der Waals surface area contributed by atoms with Crippen LogP contribution >= 0.6 is 0 Å². The van der Waals surface area contributed by atoms with Gasteiger partial charge in [-0.2, -0.15) is 0 Å². The van der Waals surface area contributed by atoms with Gasteiger partial charge in [-0.05, 0) is 17.7 Å². The number of carboxylic acid groups (broad SMARTS) is 1. The lowest BCUT2D eigenvalue weighted by atomic mass is 10.1. The van der Waals surface area contributed by atoms with E-state index in [9.17, 15) is 9.59 Å². The molecule has 0 bridgehead atoms. The van der Waals surface area contributed by atoms with Gasteiger partial charge in [-0.15, -0.1) is 0 Å². The molecule has 1 aliphatic rings. The number of pyridine rings is 1. The summed E-state index contributed by atoms with van der Waals surface area (Å²) in [6.07, 6.45) is 1.77. The Hall–Kier alpha value is -2.73. The van der Waals surface area contributed by atoms with Crippen molar-refractivity contribution in [3.8, 4) is 0 Å². The van der Waals surface area contributed by atoms with Crippen molar-refractivity contribution >= 4 is 17.6 Å². The molecule has 6 heteroatoms. The van der Waals surface area contributed by atoms with Crippen LogP contribution in [0.5, 0.6) is 0 Å². The van der Waals surface area contributed by atoms with Crippen LogP contribution in [0.4, 0.5) is 5.82 Å². The molecule has 0 spiro atoms. The molecule has 25 heavy (non-hydrogen) atoms. The smallest absolute Gasteiger partial charge is 0.307 e. The molecule has 1 aromatic carbocycles. The number of Topliss-reactive ketones (excluding diaryl/α,β-unsaturated/α-hetero) is 1. The second-order valence-electron chi connectivity index (χ2n) is 6.14. The highest BCUT2D eigenvalue weighted by Gasteiger charge is 2.20. The second-order valence-corrected chi connectivity index (χ2v) is 6.14. The number of carbonyl (C=O) groups is 2. The molecule has 2 aromatic rings. The number of benzene rings is 1. The van der Waals surface area contributed by atoms with E-state index in [2.05, 4.69) is 14.8 Å². The molecule has 1 aromatic heterocycles. The van der Waals surface area contributed by atoms with Crippen molar-refractivity contribution in [3.63, 3.8) is 0 Å². The van der Waals surface area contributed by atoms with Gasteiger partial charge in [0.15, 0.2) is 5.78 Å². The third-order valence-corrected chi connectivity index (χ3v) is 4.34. The average molecular weight is 339 g/mol. The number of ketones is 1. The Morgan fingerprint density at radius 3 is 2.32 bits per heavy atom. The van der Waals surface area contributed by atoms with Crippen LogP contribution in [0, 0.1) is 0 Å². The number of aliphatic carboxylic acids is 1. The second kappa shape index (κ2) is 7.90. The fraction of sp³-hybridized carbons (Fsp3) is 0.316. The maximum atomic E-state index is 12.4. The molecule has 0 unspecified atom stereocenters. The quantitative estimate of drug-likeness (QED) is 0.808. The first-order valence-electron chi connectivity index (χ1n) is 8.34. The highest BCUT2D eigenvalue weighted by Crippen LogP contribution is 2.13. The summed E-state index contributed by atoms with van der Waals surface area (Å²) in [5, 5.41) is 8.78. The molecule has 2 heterocycles. The van der Waals surface area contributed by atoms with Gasteiger partial charge in [0, 0.05) is 37.9 Å². The number of anilines is 1. The first kappa shape index (κ1) is 17.1. The molecule has 6 nitrogen and oxygen atoms in total. The Morgan fingerprint density at radius 1 is 1.00 bits per heavy atom. The van der Waals surface area contributed by atoms with E-state index in [0.717, 1.165) is 32.0 Å². The van der Waals surface area contributed by atoms with Crippen LogP contribution in [-0.2, 0) is 11.2 Å². The Bertz CT molecular complexity index is 723. The predicted molar refractivity (Wildman–Crippen MR) is 95.0 cm³/mol. The maximum Gasteiger partial charge on any atom is 0.307 e. The highest BCUT2D eigenvalue weighted by atomic mass is 16.4. The van der Waals surface area contributed by atoms with E-state index in [1.165, 1.54) is 0 Å². The van der Waals surface area contributed by atoms with Gasteiger partial charge in [0.2, 0.25) is 0 Å². The Labute approximate surface area is 146 Å². The minimum atomic E-state index is -0.871. The number of piperazine rings is 1. The summed E-state index contributed by atoms with van der Waals surface area (Å²) in [5.41, 5.74) is 1.33. The van der Waals surface area contributed by atoms with Gasteiger partial charge in [-0.25, -0.2) is 4.98 Å². The normalized spacial score (nSPS) is 15.1. The molecule has 130 valence electrons. The molecular formula is C19H21N3O3. The van der Waals surface area contributed by atoms with Crippen molar-refractivity contribution in [1.29, 1.82) is 0 Å². The summed E-state index contributed by atoms with van der Waals surface area (Å²) in [4.78, 5) is 31.8. The summed E-state index contributed by atoms with van der Waals surface area (Å²) in [6, 6.07) is 12.7. The summed E-state index contributed by atoms with van der Waals surface area (Å²) in [6.45, 7) is 3.72. The third kappa shape index (κ3) is 4.64. The zero-order valence-corrected chi connectivity index (χ0v) is 14.0. The van der Waals surface area contributed by atoms with Crippen molar-refractivity contribution in [1.82, 2.24) is 9.88 Å². The van der Waals surface area contributed by atoms with E-state index in [0.29, 0.717) is 17.7 Å². The lowest BCUT2D eigenvalue weighted by Gasteiger charge is -2.35. The number of rotatable bonds is 6. The maximum absolute atomic E-state index is 12.4. The number of hydrogen-bond acceptors (Lipinski definition) is 5. The number of hydrogen-bond donors (Lipinski definition) is 1. The molecular weight excluding hydrogens is 318 g/mol. The van der Waals surface area contributed by atoms with Gasteiger partial charge in [0.05, 0.1) is 13.0 Å². The minimum absolute atomic E-state index is 0.0239. The highest BCUT2D eigenvalue weighted by molar-refractivity contribution is 5.97. The van der Waals surface area contributed by atoms with Crippen LogP contribution in [0.1, 0.15) is 15.9 Å². The molecule has 0 radical (unpaired) electrons. The monoisotopic (exact) mass is 339 g/mol. The first-order valence-corrected chi connectivity index (χ1v) is 8.34. The van der Waals surface area contributed by atoms with Crippen molar-refractivity contribution in [2.45, 2.75) is 6.42 Å². The van der Waals surface area contributed by atoms with Crippen LogP contribution in [-0.4, -0.2) is 59.5 Å². The van der Waals surface area contributed by atoms with Crippen LogP contribution in [0.3, 0.4) is 0 Å². The van der Waals surface area contributed by atoms with Crippen molar-refractivity contribution < 1.29 is 14.7 Å². The largest absolute Gasteiger partial charge is 0.481 e. The van der Waals surface area contributed by atoms with E-state index in [1.807, 2.05) is 18.2 Å². The zero-order chi connectivity index (χ0) is 17.6. The first-order chi connectivity index (χ1) is 12.1. The Balaban J connectivity index is 1.51. The van der Waals surface area contributed by atoms with Gasteiger partial charge >= 0.3 is 5.97 Å². The molecule has 1 saturated heterocycles. The summed E-state index contributed by atoms with van der Waals surface area (Å²) in [5.74, 6) is 0.167. The van der Waals surface area contributed by atoms with E-state index in [-0.39, 0.29) is 12.2 Å². The van der Waals surface area contributed by atoms with Crippen molar-refractivity contribution in [2.75, 3.05) is 37.6 Å². The number of nitrogens with zero attached hydrogens (tertiary/aromatic N) is 3. The number of aromatic nitrogens is 1. The topological polar surface area (TPSA) is 73.7 Å². The van der Waals surface area contributed by atoms with Crippen LogP contribution in [0.25, 0.3) is 0 Å². The fourth-order valence-corrected chi connectivity index (χ4v) is 2.95. The van der Waals surface area contributed by atoms with Gasteiger partial charge in [0.25, 0.3) is 0 Å². The number of carbonyl (C=O) groups excluding carboxylic acids is 1. The summed E-state index contributed by atoms with van der Waals surface area (Å²) < 4.78 is 0. The molecule has 3 rings (SSSR count). The van der Waals surface area contributed by atoms with Gasteiger partial charge in [-0.1, -0.05) is 30.3 Å². The van der Waals surface area contributed by atoms with Crippen LogP contribution < -0.4 is 4.90 Å². The van der Waals surface area contributed by atoms with E-state index < -0.39 is 5.97 Å². The fourth-order valence-electron chi connectivity index (χ4n) is 2.95. The Kier molecular flexibility index (Phi) is 5.40. The van der Waals surface area contributed by atoms with Crippen molar-refractivity contribution in [3.05, 3.63) is 59.8 Å². The molecule has 0 amide bonds. The van der Waals surface area contributed by atoms with Gasteiger partial charge in [0.1, 0.15) is 5.82 Å². The van der Waals surface area contributed by atoms with Gasteiger partial charge in [-0.3, -0.25) is 14.5 Å². The minimum Gasteiger partial charge on any atom is -0.481 e. The van der Waals surface area contributed by atoms with E-state index >= 15 is 0 Å². The molecule has 0 saturated carbocycles. The lowest BCUT2D eigenvalue weighted by Crippen LogP contribution is -2.48. The number of carboxylic acids is 1. The Morgan fingerprint density at radius 2 is 1.72 bits per heavy atom. The van der Waals surface area contributed by atoms with Crippen LogP contribution in [0.2, 0.25) is 0 Å². The van der Waals surface area contributed by atoms with Crippen LogP contribution in [0.15, 0.2) is 48.7 Å². The molecule has 0 atom stereocenters. The summed E-state index contributed by atoms with van der Waals surface area (Å²) in [7, 11) is 0. The van der Waals surface area contributed by atoms with Gasteiger partial charge < -0.3 is 10.0 Å². The van der Waals surface area contributed by atoms with Crippen molar-refractivity contribution in [2.24, 2.45) is 0 Å². The molecule has 1 fully saturated rings. The lowest BCUT2D eigenvalue weighted by molar-refractivity contribution is -0.136. The SMILES string of the molecule is O=C(O)Cc1ccc(C(=O)CN2CCN(c3ccccn3)CC2)cc1. The van der Waals surface area contributed by atoms with E-state index in [1.54, 1.807) is 30.5 Å². The predicted octanol–water partition coefficient (Wildman–Crippen LogP) is 1.71. The molecule has 1 aliphatic heterocycles. The third-order valence-electron chi connectivity index (χ3n) is 4.34. The molecule has 0 aliphatic carbocycles. The van der Waals surface area contributed by atoms with E-state index in [4.69, 9.17) is 5.11 Å². The average Bonchev–Trinajstić information content (AvgIpc) is 2.63. The summed E-state index contributed by atoms with van der Waals surface area (Å²) >= 11 is 0. The standard InChI is InChI=1S/C19H21N3O3/c23-17(16-6-4-15(5-7-16)13-19(24)25)14-21-9-11-22(12-10-21)18-3-1-2-8-20-18/h1-8H,9-14H2,(H,24,25).